The molecular formula is C26H27N3O3. The third-order valence-corrected chi connectivity index (χ3v) is 5.10. The third-order valence-electron chi connectivity index (χ3n) is 5.10. The molecule has 0 aliphatic carbocycles. The lowest BCUT2D eigenvalue weighted by molar-refractivity contribution is -0.115. The number of terminal acetylenes is 1. The Morgan fingerprint density at radius 2 is 1.81 bits per heavy atom. The quantitative estimate of drug-likeness (QED) is 0.508. The van der Waals surface area contributed by atoms with E-state index in [2.05, 4.69) is 47.2 Å². The average molecular weight is 430 g/mol. The van der Waals surface area contributed by atoms with Gasteiger partial charge >= 0.3 is 0 Å². The number of carbonyl (C=O) groups is 1. The second-order valence-electron chi connectivity index (χ2n) is 7.15. The first-order valence-electron chi connectivity index (χ1n) is 10.6. The molecule has 0 aliphatic heterocycles. The van der Waals surface area contributed by atoms with Crippen LogP contribution in [-0.4, -0.2) is 29.6 Å². The Hall–Kier alpha value is -3.85. The number of hydrogen-bond donors (Lipinski definition) is 1. The third kappa shape index (κ3) is 5.44. The summed E-state index contributed by atoms with van der Waals surface area (Å²) in [4.78, 5) is 21.5. The molecule has 32 heavy (non-hydrogen) atoms. The summed E-state index contributed by atoms with van der Waals surface area (Å²) in [5.41, 5.74) is 4.84. The maximum Gasteiger partial charge on any atom is 0.230 e. The number of rotatable bonds is 9. The van der Waals surface area contributed by atoms with Crippen molar-refractivity contribution < 1.29 is 14.3 Å². The second-order valence-corrected chi connectivity index (χ2v) is 7.15. The summed E-state index contributed by atoms with van der Waals surface area (Å²) < 4.78 is 10.9. The fourth-order valence-corrected chi connectivity index (χ4v) is 3.52. The van der Waals surface area contributed by atoms with Crippen molar-refractivity contribution in [3.05, 3.63) is 65.5 Å². The molecule has 6 heteroatoms. The van der Waals surface area contributed by atoms with Crippen molar-refractivity contribution in [1.29, 1.82) is 0 Å². The summed E-state index contributed by atoms with van der Waals surface area (Å²) in [5.74, 6) is 3.71. The molecule has 0 atom stereocenters. The number of carbonyl (C=O) groups excluding carboxylic acids is 1. The van der Waals surface area contributed by atoms with E-state index in [4.69, 9.17) is 15.9 Å². The van der Waals surface area contributed by atoms with Gasteiger partial charge in [-0.25, -0.2) is 4.98 Å². The van der Waals surface area contributed by atoms with Crippen LogP contribution in [0.15, 0.2) is 48.8 Å². The van der Waals surface area contributed by atoms with Crippen LogP contribution >= 0.6 is 0 Å². The summed E-state index contributed by atoms with van der Waals surface area (Å²) in [6, 6.07) is 11.6. The van der Waals surface area contributed by atoms with Crippen molar-refractivity contribution in [3.63, 3.8) is 0 Å². The van der Waals surface area contributed by atoms with E-state index in [0.29, 0.717) is 23.0 Å². The molecule has 0 radical (unpaired) electrons. The molecular weight excluding hydrogens is 402 g/mol. The molecule has 0 saturated heterocycles. The summed E-state index contributed by atoms with van der Waals surface area (Å²) in [5, 5.41) is 2.90. The molecule has 1 heterocycles. The number of nitrogens with one attached hydrogen (secondary N) is 1. The lowest BCUT2D eigenvalue weighted by Gasteiger charge is -2.13. The monoisotopic (exact) mass is 429 g/mol. The minimum Gasteiger partial charge on any atom is -0.493 e. The Morgan fingerprint density at radius 3 is 2.53 bits per heavy atom. The largest absolute Gasteiger partial charge is 0.493 e. The van der Waals surface area contributed by atoms with Gasteiger partial charge in [0.25, 0.3) is 0 Å². The van der Waals surface area contributed by atoms with E-state index in [1.165, 1.54) is 11.1 Å². The molecule has 2 aromatic carbocycles. The highest BCUT2D eigenvalue weighted by atomic mass is 16.5. The molecule has 0 aliphatic rings. The van der Waals surface area contributed by atoms with Gasteiger partial charge in [-0.2, -0.15) is 0 Å². The lowest BCUT2D eigenvalue weighted by Crippen LogP contribution is -2.16. The van der Waals surface area contributed by atoms with E-state index in [1.807, 2.05) is 12.1 Å². The van der Waals surface area contributed by atoms with E-state index in [1.54, 1.807) is 31.6 Å². The maximum absolute atomic E-state index is 12.8. The van der Waals surface area contributed by atoms with Gasteiger partial charge < -0.3 is 14.8 Å². The van der Waals surface area contributed by atoms with Gasteiger partial charge in [0, 0.05) is 18.0 Å². The number of nitrogens with zero attached hydrogens (tertiary/aromatic N) is 2. The fraction of sp³-hybridized carbons (Fsp3) is 0.269. The molecule has 0 fully saturated rings. The Bertz CT molecular complexity index is 1140. The maximum atomic E-state index is 12.8. The zero-order chi connectivity index (χ0) is 22.9. The van der Waals surface area contributed by atoms with E-state index < -0.39 is 0 Å². The smallest absolute Gasteiger partial charge is 0.230 e. The second kappa shape index (κ2) is 11.0. The van der Waals surface area contributed by atoms with Crippen molar-refractivity contribution in [2.24, 2.45) is 0 Å². The first-order valence-corrected chi connectivity index (χ1v) is 10.6. The number of benzene rings is 2. The highest BCUT2D eigenvalue weighted by molar-refractivity contribution is 5.94. The van der Waals surface area contributed by atoms with Gasteiger partial charge in [0.05, 0.1) is 13.5 Å². The van der Waals surface area contributed by atoms with Crippen LogP contribution in [0.2, 0.25) is 0 Å². The van der Waals surface area contributed by atoms with Crippen molar-refractivity contribution in [2.45, 2.75) is 33.1 Å². The number of aryl methyl sites for hydroxylation is 2. The number of methoxy groups -OCH3 is 1. The molecule has 0 bridgehead atoms. The van der Waals surface area contributed by atoms with Gasteiger partial charge in [-0.15, -0.1) is 6.42 Å². The van der Waals surface area contributed by atoms with Gasteiger partial charge in [-0.05, 0) is 47.7 Å². The van der Waals surface area contributed by atoms with Gasteiger partial charge in [-0.1, -0.05) is 38.0 Å². The Labute approximate surface area is 189 Å². The minimum atomic E-state index is -0.154. The summed E-state index contributed by atoms with van der Waals surface area (Å²) in [7, 11) is 1.55. The molecule has 1 N–H and O–H groups in total. The van der Waals surface area contributed by atoms with Crippen LogP contribution in [-0.2, 0) is 24.1 Å². The van der Waals surface area contributed by atoms with E-state index in [0.717, 1.165) is 24.0 Å². The van der Waals surface area contributed by atoms with Crippen LogP contribution in [0, 0.1) is 12.3 Å². The van der Waals surface area contributed by atoms with E-state index in [9.17, 15) is 4.79 Å². The molecule has 164 valence electrons. The predicted octanol–water partition coefficient (Wildman–Crippen LogP) is 4.47. The molecule has 0 unspecified atom stereocenters. The Balaban J connectivity index is 1.81. The Kier molecular flexibility index (Phi) is 7.82. The van der Waals surface area contributed by atoms with Crippen LogP contribution in [0.4, 0.5) is 5.82 Å². The van der Waals surface area contributed by atoms with E-state index >= 15 is 0 Å². The van der Waals surface area contributed by atoms with Gasteiger partial charge in [0.1, 0.15) is 12.3 Å². The van der Waals surface area contributed by atoms with Crippen molar-refractivity contribution in [2.75, 3.05) is 19.0 Å². The summed E-state index contributed by atoms with van der Waals surface area (Å²) in [6.45, 7) is 4.40. The number of ether oxygens (including phenoxy) is 2. The molecule has 3 aromatic rings. The topological polar surface area (TPSA) is 73.3 Å². The first kappa shape index (κ1) is 22.8. The van der Waals surface area contributed by atoms with Gasteiger partial charge in [0.15, 0.2) is 17.3 Å². The number of hydrogen-bond acceptors (Lipinski definition) is 5. The van der Waals surface area contributed by atoms with Crippen LogP contribution in [0.5, 0.6) is 11.5 Å². The Morgan fingerprint density at radius 1 is 1.03 bits per heavy atom. The number of anilines is 1. The molecule has 0 saturated carbocycles. The molecule has 6 nitrogen and oxygen atoms in total. The molecule has 1 amide bonds. The van der Waals surface area contributed by atoms with Crippen molar-refractivity contribution >= 4 is 11.7 Å². The van der Waals surface area contributed by atoms with Crippen molar-refractivity contribution in [3.8, 4) is 35.1 Å². The first-order chi connectivity index (χ1) is 15.6. The van der Waals surface area contributed by atoms with Crippen molar-refractivity contribution in [1.82, 2.24) is 9.97 Å². The van der Waals surface area contributed by atoms with E-state index in [-0.39, 0.29) is 18.9 Å². The lowest BCUT2D eigenvalue weighted by atomic mass is 9.98. The van der Waals surface area contributed by atoms with Gasteiger partial charge in [-0.3, -0.25) is 9.78 Å². The number of aromatic nitrogens is 2. The normalized spacial score (nSPS) is 10.3. The molecule has 0 spiro atoms. The van der Waals surface area contributed by atoms with Crippen LogP contribution in [0.1, 0.15) is 30.5 Å². The molecule has 3 rings (SSSR count). The van der Waals surface area contributed by atoms with Crippen LogP contribution in [0.3, 0.4) is 0 Å². The minimum absolute atomic E-state index is 0.140. The fourth-order valence-electron chi connectivity index (χ4n) is 3.52. The summed E-state index contributed by atoms with van der Waals surface area (Å²) >= 11 is 0. The predicted molar refractivity (Wildman–Crippen MR) is 126 cm³/mol. The SMILES string of the molecule is C#CCOc1ccc(-c2nccnc2NC(=O)Cc2ccc(CC)c(CC)c2)cc1OC. The zero-order valence-electron chi connectivity index (χ0n) is 18.6. The summed E-state index contributed by atoms with van der Waals surface area (Å²) in [6.07, 6.45) is 10.6. The van der Waals surface area contributed by atoms with Crippen LogP contribution < -0.4 is 14.8 Å². The highest BCUT2D eigenvalue weighted by Gasteiger charge is 2.15. The molecule has 1 aromatic heterocycles. The zero-order valence-corrected chi connectivity index (χ0v) is 18.6. The average Bonchev–Trinajstić information content (AvgIpc) is 2.82. The highest BCUT2D eigenvalue weighted by Crippen LogP contribution is 2.33. The van der Waals surface area contributed by atoms with Gasteiger partial charge in [0.2, 0.25) is 5.91 Å². The number of amides is 1. The van der Waals surface area contributed by atoms with Crippen LogP contribution in [0.25, 0.3) is 11.3 Å². The standard InChI is InChI=1S/C26H27N3O3/c1-5-14-32-22-11-10-21(17-23(22)31-4)25-26(28-13-12-27-25)29-24(30)16-18-8-9-19(6-2)20(7-3)15-18/h1,8-13,15,17H,6-7,14,16H2,2-4H3,(H,28,29,30).